The smallest absolute Gasteiger partial charge is 0.296 e. The first-order valence-corrected chi connectivity index (χ1v) is 7.33. The van der Waals surface area contributed by atoms with Gasteiger partial charge in [-0.15, -0.1) is 0 Å². The quantitative estimate of drug-likeness (QED) is 0.806. The van der Waals surface area contributed by atoms with Crippen LogP contribution in [0.1, 0.15) is 33.6 Å². The number of Topliss-reactive ketones (excluding diaryl/α,β-unsaturated/α-hetero) is 1. The van der Waals surface area contributed by atoms with Crippen molar-refractivity contribution in [2.45, 2.75) is 32.7 Å². The first kappa shape index (κ1) is 12.4. The van der Waals surface area contributed by atoms with Crippen LogP contribution in [0.5, 0.6) is 0 Å². The van der Waals surface area contributed by atoms with Crippen molar-refractivity contribution in [3.05, 3.63) is 55.6 Å². The molecule has 2 aromatic rings. The van der Waals surface area contributed by atoms with Gasteiger partial charge in [-0.3, -0.25) is 14.2 Å². The Morgan fingerprint density at radius 3 is 2.84 bits per heavy atom. The summed E-state index contributed by atoms with van der Waals surface area (Å²) in [4.78, 5) is 23.8. The van der Waals surface area contributed by atoms with Gasteiger partial charge in [-0.1, -0.05) is 23.5 Å². The van der Waals surface area contributed by atoms with Crippen LogP contribution in [0.3, 0.4) is 0 Å². The lowest BCUT2D eigenvalue weighted by Gasteiger charge is -2.06. The highest BCUT2D eigenvalue weighted by atomic mass is 32.1. The SMILES string of the molecule is Cc1csc(=O)n1CC(=O)c1ccc2c(c1)CCC2. The molecule has 19 heavy (non-hydrogen) atoms. The molecular formula is C15H15NO2S. The van der Waals surface area contributed by atoms with Gasteiger partial charge in [0, 0.05) is 16.6 Å². The van der Waals surface area contributed by atoms with Gasteiger partial charge in [0.2, 0.25) is 0 Å². The molecular weight excluding hydrogens is 258 g/mol. The average molecular weight is 273 g/mol. The number of nitrogens with zero attached hydrogens (tertiary/aromatic N) is 1. The number of hydrogen-bond acceptors (Lipinski definition) is 3. The first-order chi connectivity index (χ1) is 9.15. The lowest BCUT2D eigenvalue weighted by molar-refractivity contribution is 0.0970. The van der Waals surface area contributed by atoms with Crippen LogP contribution in [-0.2, 0) is 19.4 Å². The fourth-order valence-corrected chi connectivity index (χ4v) is 3.31. The molecule has 98 valence electrons. The summed E-state index contributed by atoms with van der Waals surface area (Å²) in [6.07, 6.45) is 3.36. The van der Waals surface area contributed by atoms with Crippen LogP contribution in [-0.4, -0.2) is 10.4 Å². The molecule has 0 radical (unpaired) electrons. The van der Waals surface area contributed by atoms with Gasteiger partial charge in [0.15, 0.2) is 5.78 Å². The van der Waals surface area contributed by atoms with E-state index in [1.807, 2.05) is 19.1 Å². The highest BCUT2D eigenvalue weighted by Gasteiger charge is 2.15. The Bertz CT molecular complexity index is 696. The van der Waals surface area contributed by atoms with Crippen LogP contribution >= 0.6 is 11.3 Å². The van der Waals surface area contributed by atoms with Crippen molar-refractivity contribution in [3.63, 3.8) is 0 Å². The highest BCUT2D eigenvalue weighted by Crippen LogP contribution is 2.23. The minimum absolute atomic E-state index is 0.0123. The van der Waals surface area contributed by atoms with Gasteiger partial charge >= 0.3 is 4.87 Å². The molecule has 0 unspecified atom stereocenters. The summed E-state index contributed by atoms with van der Waals surface area (Å²) >= 11 is 1.14. The molecule has 0 saturated heterocycles. The van der Waals surface area contributed by atoms with Crippen LogP contribution < -0.4 is 4.87 Å². The molecule has 1 aliphatic carbocycles. The minimum atomic E-state index is -0.0630. The van der Waals surface area contributed by atoms with E-state index in [9.17, 15) is 9.59 Å². The van der Waals surface area contributed by atoms with Crippen LogP contribution in [0.15, 0.2) is 28.4 Å². The predicted octanol–water partition coefficient (Wildman–Crippen LogP) is 2.59. The van der Waals surface area contributed by atoms with Crippen LogP contribution in [0.4, 0.5) is 0 Å². The van der Waals surface area contributed by atoms with Crippen molar-refractivity contribution < 1.29 is 4.79 Å². The Morgan fingerprint density at radius 2 is 2.11 bits per heavy atom. The van der Waals surface area contributed by atoms with E-state index < -0.39 is 0 Å². The average Bonchev–Trinajstić information content (AvgIpc) is 2.99. The van der Waals surface area contributed by atoms with E-state index >= 15 is 0 Å². The van der Waals surface area contributed by atoms with Crippen molar-refractivity contribution in [3.8, 4) is 0 Å². The summed E-state index contributed by atoms with van der Waals surface area (Å²) in [7, 11) is 0. The van der Waals surface area contributed by atoms with E-state index in [1.54, 1.807) is 9.95 Å². The largest absolute Gasteiger partial charge is 0.307 e. The maximum absolute atomic E-state index is 12.3. The topological polar surface area (TPSA) is 39.1 Å². The minimum Gasteiger partial charge on any atom is -0.296 e. The van der Waals surface area contributed by atoms with Gasteiger partial charge in [0.25, 0.3) is 0 Å². The monoisotopic (exact) mass is 273 g/mol. The van der Waals surface area contributed by atoms with Gasteiger partial charge in [0.05, 0.1) is 6.54 Å². The predicted molar refractivity (Wildman–Crippen MR) is 76.1 cm³/mol. The molecule has 1 aromatic carbocycles. The number of aryl methyl sites for hydroxylation is 3. The molecule has 0 aliphatic heterocycles. The number of thiazole rings is 1. The number of benzene rings is 1. The zero-order chi connectivity index (χ0) is 13.4. The summed E-state index contributed by atoms with van der Waals surface area (Å²) in [5.41, 5.74) is 4.23. The van der Waals surface area contributed by atoms with E-state index in [4.69, 9.17) is 0 Å². The number of aromatic nitrogens is 1. The van der Waals surface area contributed by atoms with Crippen LogP contribution in [0, 0.1) is 6.92 Å². The summed E-state index contributed by atoms with van der Waals surface area (Å²) in [5.74, 6) is 0.0123. The van der Waals surface area contributed by atoms with Gasteiger partial charge in [0.1, 0.15) is 0 Å². The zero-order valence-electron chi connectivity index (χ0n) is 10.8. The lowest BCUT2D eigenvalue weighted by atomic mass is 10.0. The second kappa shape index (κ2) is 4.78. The van der Waals surface area contributed by atoms with Gasteiger partial charge in [-0.25, -0.2) is 0 Å². The Kier molecular flexibility index (Phi) is 3.11. The number of fused-ring (bicyclic) bond motifs is 1. The summed E-state index contributed by atoms with van der Waals surface area (Å²) < 4.78 is 1.54. The maximum atomic E-state index is 12.3. The molecule has 3 rings (SSSR count). The number of carbonyl (C=O) groups excluding carboxylic acids is 1. The molecule has 0 amide bonds. The number of carbonyl (C=O) groups is 1. The van der Waals surface area contributed by atoms with Gasteiger partial charge in [-0.05, 0) is 43.4 Å². The molecule has 1 heterocycles. The number of ketones is 1. The molecule has 0 atom stereocenters. The number of hydrogen-bond donors (Lipinski definition) is 0. The Balaban J connectivity index is 1.87. The Hall–Kier alpha value is -1.68. The first-order valence-electron chi connectivity index (χ1n) is 6.45. The maximum Gasteiger partial charge on any atom is 0.307 e. The Labute approximate surface area is 115 Å². The molecule has 1 aromatic heterocycles. The van der Waals surface area contributed by atoms with Gasteiger partial charge < -0.3 is 0 Å². The van der Waals surface area contributed by atoms with Gasteiger partial charge in [-0.2, -0.15) is 0 Å². The molecule has 0 saturated carbocycles. The van der Waals surface area contributed by atoms with E-state index in [0.29, 0.717) is 0 Å². The van der Waals surface area contributed by atoms with E-state index in [-0.39, 0.29) is 17.2 Å². The zero-order valence-corrected chi connectivity index (χ0v) is 11.6. The molecule has 4 heteroatoms. The highest BCUT2D eigenvalue weighted by molar-refractivity contribution is 7.07. The summed E-state index contributed by atoms with van der Waals surface area (Å²) in [6.45, 7) is 2.00. The molecule has 0 fully saturated rings. The summed E-state index contributed by atoms with van der Waals surface area (Å²) in [5, 5.41) is 1.79. The molecule has 0 spiro atoms. The molecule has 0 N–H and O–H groups in total. The van der Waals surface area contributed by atoms with Crippen LogP contribution in [0.25, 0.3) is 0 Å². The van der Waals surface area contributed by atoms with Crippen molar-refractivity contribution in [2.75, 3.05) is 0 Å². The lowest BCUT2D eigenvalue weighted by Crippen LogP contribution is -2.20. The second-order valence-corrected chi connectivity index (χ2v) is 5.81. The van der Waals surface area contributed by atoms with Crippen molar-refractivity contribution in [2.24, 2.45) is 0 Å². The fraction of sp³-hybridized carbons (Fsp3) is 0.333. The standard InChI is InChI=1S/C15H15NO2S/c1-10-9-19-15(18)16(10)8-14(17)13-6-5-11-3-2-4-12(11)7-13/h5-7,9H,2-4,8H2,1H3. The van der Waals surface area contributed by atoms with Crippen molar-refractivity contribution in [1.29, 1.82) is 0 Å². The number of rotatable bonds is 3. The van der Waals surface area contributed by atoms with E-state index in [2.05, 4.69) is 6.07 Å². The Morgan fingerprint density at radius 1 is 1.32 bits per heavy atom. The molecule has 3 nitrogen and oxygen atoms in total. The second-order valence-electron chi connectivity index (χ2n) is 4.99. The van der Waals surface area contributed by atoms with Crippen molar-refractivity contribution >= 4 is 17.1 Å². The normalized spacial score (nSPS) is 13.5. The van der Waals surface area contributed by atoms with Crippen LogP contribution in [0.2, 0.25) is 0 Å². The fourth-order valence-electron chi connectivity index (χ4n) is 2.58. The molecule has 1 aliphatic rings. The summed E-state index contributed by atoms with van der Waals surface area (Å²) in [6, 6.07) is 5.94. The third kappa shape index (κ3) is 2.28. The third-order valence-electron chi connectivity index (χ3n) is 3.70. The molecule has 0 bridgehead atoms. The van der Waals surface area contributed by atoms with E-state index in [1.165, 1.54) is 17.5 Å². The third-order valence-corrected chi connectivity index (χ3v) is 4.58. The van der Waals surface area contributed by atoms with Crippen molar-refractivity contribution in [1.82, 2.24) is 4.57 Å². The van der Waals surface area contributed by atoms with E-state index in [0.717, 1.165) is 35.4 Å².